The minimum Gasteiger partial charge on any atom is -0.445 e. The van der Waals surface area contributed by atoms with E-state index >= 15 is 0 Å². The normalized spacial score (nSPS) is 11.9. The number of ether oxygens (including phenoxy) is 1. The Bertz CT molecular complexity index is 324. The molecule has 1 N–H and O–H groups in total. The molecule has 0 heterocycles. The molecule has 1 aromatic carbocycles. The van der Waals surface area contributed by atoms with E-state index in [1.807, 2.05) is 30.3 Å². The lowest BCUT2D eigenvalue weighted by Crippen LogP contribution is -2.26. The fraction of sp³-hybridized carbons (Fsp3) is 0.500. The fourth-order valence-electron chi connectivity index (χ4n) is 1.40. The Hall–Kier alpha value is -1.51. The zero-order valence-corrected chi connectivity index (χ0v) is 10.6. The third-order valence-electron chi connectivity index (χ3n) is 2.82. The van der Waals surface area contributed by atoms with Crippen molar-refractivity contribution in [2.45, 2.75) is 33.3 Å². The molecule has 0 radical (unpaired) electrons. The van der Waals surface area contributed by atoms with E-state index in [9.17, 15) is 4.79 Å². The Kier molecular flexibility index (Phi) is 6.15. The molecule has 1 atom stereocenters. The maximum atomic E-state index is 11.4. The maximum absolute atomic E-state index is 11.4. The number of hydrogen-bond acceptors (Lipinski definition) is 2. The highest BCUT2D eigenvalue weighted by Crippen LogP contribution is 2.04. The largest absolute Gasteiger partial charge is 0.445 e. The summed E-state index contributed by atoms with van der Waals surface area (Å²) >= 11 is 0. The van der Waals surface area contributed by atoms with Gasteiger partial charge in [0.2, 0.25) is 0 Å². The van der Waals surface area contributed by atoms with Crippen molar-refractivity contribution in [3.63, 3.8) is 0 Å². The van der Waals surface area contributed by atoms with Gasteiger partial charge in [-0.05, 0) is 17.9 Å². The highest BCUT2D eigenvalue weighted by Gasteiger charge is 2.03. The van der Waals surface area contributed by atoms with Crippen molar-refractivity contribution in [2.75, 3.05) is 6.54 Å². The molecule has 0 aromatic heterocycles. The van der Waals surface area contributed by atoms with E-state index in [4.69, 9.17) is 4.74 Å². The monoisotopic (exact) mass is 235 g/mol. The van der Waals surface area contributed by atoms with E-state index in [1.165, 1.54) is 0 Å². The van der Waals surface area contributed by atoms with Gasteiger partial charge in [-0.15, -0.1) is 0 Å². The van der Waals surface area contributed by atoms with E-state index in [2.05, 4.69) is 19.2 Å². The molecule has 1 rings (SSSR count). The van der Waals surface area contributed by atoms with Gasteiger partial charge in [0.05, 0.1) is 0 Å². The van der Waals surface area contributed by atoms with Crippen molar-refractivity contribution in [1.29, 1.82) is 0 Å². The Morgan fingerprint density at radius 2 is 2.06 bits per heavy atom. The van der Waals surface area contributed by atoms with Gasteiger partial charge in [0.15, 0.2) is 0 Å². The second kappa shape index (κ2) is 7.71. The SMILES string of the molecule is CCC(C)CCNC(=O)OCc1ccccc1. The van der Waals surface area contributed by atoms with Gasteiger partial charge in [-0.3, -0.25) is 0 Å². The number of alkyl carbamates (subject to hydrolysis) is 1. The molecule has 1 unspecified atom stereocenters. The first-order valence-electron chi connectivity index (χ1n) is 6.17. The molecule has 94 valence electrons. The predicted molar refractivity (Wildman–Crippen MR) is 68.7 cm³/mol. The minimum absolute atomic E-state index is 0.329. The van der Waals surface area contributed by atoms with Crippen molar-refractivity contribution < 1.29 is 9.53 Å². The Morgan fingerprint density at radius 1 is 1.35 bits per heavy atom. The number of carbonyl (C=O) groups is 1. The van der Waals surface area contributed by atoms with Crippen LogP contribution in [0.5, 0.6) is 0 Å². The van der Waals surface area contributed by atoms with E-state index in [1.54, 1.807) is 0 Å². The van der Waals surface area contributed by atoms with Gasteiger partial charge in [-0.1, -0.05) is 50.6 Å². The van der Waals surface area contributed by atoms with Crippen molar-refractivity contribution in [3.8, 4) is 0 Å². The van der Waals surface area contributed by atoms with Gasteiger partial charge in [-0.2, -0.15) is 0 Å². The van der Waals surface area contributed by atoms with Gasteiger partial charge in [-0.25, -0.2) is 4.79 Å². The number of benzene rings is 1. The van der Waals surface area contributed by atoms with Crippen LogP contribution >= 0.6 is 0 Å². The average molecular weight is 235 g/mol. The van der Waals surface area contributed by atoms with Crippen LogP contribution in [-0.4, -0.2) is 12.6 Å². The third-order valence-corrected chi connectivity index (χ3v) is 2.82. The third kappa shape index (κ3) is 5.95. The van der Waals surface area contributed by atoms with Crippen LogP contribution in [0.25, 0.3) is 0 Å². The van der Waals surface area contributed by atoms with Gasteiger partial charge in [0.1, 0.15) is 6.61 Å². The number of hydrogen-bond donors (Lipinski definition) is 1. The molecular formula is C14H21NO2. The summed E-state index contributed by atoms with van der Waals surface area (Å²) in [6.07, 6.45) is 1.80. The molecule has 0 saturated heterocycles. The van der Waals surface area contributed by atoms with Crippen LogP contribution in [0.2, 0.25) is 0 Å². The summed E-state index contributed by atoms with van der Waals surface area (Å²) in [5, 5.41) is 2.76. The zero-order chi connectivity index (χ0) is 12.5. The Morgan fingerprint density at radius 3 is 2.71 bits per heavy atom. The van der Waals surface area contributed by atoms with Gasteiger partial charge in [0, 0.05) is 6.54 Å². The van der Waals surface area contributed by atoms with E-state index in [0.29, 0.717) is 19.1 Å². The summed E-state index contributed by atoms with van der Waals surface area (Å²) in [7, 11) is 0. The first kappa shape index (κ1) is 13.6. The maximum Gasteiger partial charge on any atom is 0.407 e. The molecule has 1 amide bonds. The second-order valence-electron chi connectivity index (χ2n) is 4.29. The van der Waals surface area contributed by atoms with E-state index in [-0.39, 0.29) is 6.09 Å². The van der Waals surface area contributed by atoms with Crippen molar-refractivity contribution >= 4 is 6.09 Å². The van der Waals surface area contributed by atoms with Gasteiger partial charge >= 0.3 is 6.09 Å². The highest BCUT2D eigenvalue weighted by molar-refractivity contribution is 5.67. The smallest absolute Gasteiger partial charge is 0.407 e. The molecule has 0 saturated carbocycles. The molecule has 0 bridgehead atoms. The molecule has 0 spiro atoms. The van der Waals surface area contributed by atoms with Crippen LogP contribution in [-0.2, 0) is 11.3 Å². The highest BCUT2D eigenvalue weighted by atomic mass is 16.5. The van der Waals surface area contributed by atoms with Crippen LogP contribution in [0.4, 0.5) is 4.79 Å². The number of nitrogens with one attached hydrogen (secondary N) is 1. The molecule has 0 aliphatic heterocycles. The number of carbonyl (C=O) groups excluding carboxylic acids is 1. The summed E-state index contributed by atoms with van der Waals surface area (Å²) in [6.45, 7) is 5.34. The van der Waals surface area contributed by atoms with Crippen LogP contribution in [0.15, 0.2) is 30.3 Å². The number of rotatable bonds is 6. The predicted octanol–water partition coefficient (Wildman–Crippen LogP) is 3.35. The van der Waals surface area contributed by atoms with Crippen molar-refractivity contribution in [1.82, 2.24) is 5.32 Å². The first-order valence-corrected chi connectivity index (χ1v) is 6.17. The van der Waals surface area contributed by atoms with E-state index < -0.39 is 0 Å². The molecule has 17 heavy (non-hydrogen) atoms. The second-order valence-corrected chi connectivity index (χ2v) is 4.29. The number of amides is 1. The molecule has 3 nitrogen and oxygen atoms in total. The summed E-state index contributed by atoms with van der Waals surface area (Å²) in [4.78, 5) is 11.4. The Balaban J connectivity index is 2.13. The van der Waals surface area contributed by atoms with Crippen LogP contribution < -0.4 is 5.32 Å². The lowest BCUT2D eigenvalue weighted by Gasteiger charge is -2.09. The van der Waals surface area contributed by atoms with E-state index in [0.717, 1.165) is 18.4 Å². The van der Waals surface area contributed by atoms with Gasteiger partial charge < -0.3 is 10.1 Å². The van der Waals surface area contributed by atoms with Crippen LogP contribution in [0.1, 0.15) is 32.3 Å². The van der Waals surface area contributed by atoms with Crippen LogP contribution in [0.3, 0.4) is 0 Å². The average Bonchev–Trinajstić information content (AvgIpc) is 2.37. The fourth-order valence-corrected chi connectivity index (χ4v) is 1.40. The lowest BCUT2D eigenvalue weighted by molar-refractivity contribution is 0.139. The van der Waals surface area contributed by atoms with Crippen molar-refractivity contribution in [2.24, 2.45) is 5.92 Å². The summed E-state index contributed by atoms with van der Waals surface area (Å²) in [5.41, 5.74) is 1.00. The summed E-state index contributed by atoms with van der Waals surface area (Å²) in [5.74, 6) is 0.643. The quantitative estimate of drug-likeness (QED) is 0.821. The molecule has 3 heteroatoms. The molecule has 0 aliphatic carbocycles. The molecule has 1 aromatic rings. The standard InChI is InChI=1S/C14H21NO2/c1-3-12(2)9-10-15-14(16)17-11-13-7-5-4-6-8-13/h4-8,12H,3,9-11H2,1-2H3,(H,15,16). The minimum atomic E-state index is -0.336. The molecular weight excluding hydrogens is 214 g/mol. The summed E-state index contributed by atoms with van der Waals surface area (Å²) < 4.78 is 5.09. The lowest BCUT2D eigenvalue weighted by atomic mass is 10.1. The van der Waals surface area contributed by atoms with Crippen molar-refractivity contribution in [3.05, 3.63) is 35.9 Å². The van der Waals surface area contributed by atoms with Crippen LogP contribution in [0, 0.1) is 5.92 Å². The van der Waals surface area contributed by atoms with Gasteiger partial charge in [0.25, 0.3) is 0 Å². The zero-order valence-electron chi connectivity index (χ0n) is 10.6. The summed E-state index contributed by atoms with van der Waals surface area (Å²) in [6, 6.07) is 9.67. The first-order chi connectivity index (χ1) is 8.22. The molecule has 0 aliphatic rings. The Labute approximate surface area is 103 Å². The topological polar surface area (TPSA) is 38.3 Å². The molecule has 0 fully saturated rings.